The van der Waals surface area contributed by atoms with Crippen LogP contribution in [0.25, 0.3) is 65.7 Å². The molecule has 0 radical (unpaired) electrons. The van der Waals surface area contributed by atoms with Crippen LogP contribution in [-0.2, 0) is 0 Å². The highest BCUT2D eigenvalue weighted by Gasteiger charge is 2.24. The Labute approximate surface area is 235 Å². The minimum atomic E-state index is -0.982. The van der Waals surface area contributed by atoms with Crippen LogP contribution >= 0.6 is 0 Å². The molecule has 0 saturated carbocycles. The van der Waals surface area contributed by atoms with E-state index in [2.05, 4.69) is 72.8 Å². The van der Waals surface area contributed by atoms with Crippen molar-refractivity contribution in [3.63, 3.8) is 0 Å². The Hall–Kier alpha value is -5.68. The van der Waals surface area contributed by atoms with Crippen LogP contribution in [0.3, 0.4) is 0 Å². The molecule has 7 aromatic rings. The molecule has 0 aromatic heterocycles. The van der Waals surface area contributed by atoms with Crippen molar-refractivity contribution >= 4 is 32.3 Å². The average Bonchev–Trinajstić information content (AvgIpc) is 3.01. The lowest BCUT2D eigenvalue weighted by Gasteiger charge is -2.18. The smallest absolute Gasteiger partial charge is 0.208 e. The van der Waals surface area contributed by atoms with Gasteiger partial charge < -0.3 is 25.5 Å². The number of fused-ring (bicyclic) bond motifs is 3. The fourth-order valence-electron chi connectivity index (χ4n) is 5.87. The summed E-state index contributed by atoms with van der Waals surface area (Å²) in [7, 11) is 0. The number of benzene rings is 7. The van der Waals surface area contributed by atoms with Crippen molar-refractivity contribution in [2.75, 3.05) is 0 Å². The van der Waals surface area contributed by atoms with Gasteiger partial charge in [-0.2, -0.15) is 0 Å². The Morgan fingerprint density at radius 1 is 0.293 bits per heavy atom. The summed E-state index contributed by atoms with van der Waals surface area (Å²) in [6, 6.07) is 38.6. The molecule has 41 heavy (non-hydrogen) atoms. The summed E-state index contributed by atoms with van der Waals surface area (Å²) in [5.74, 6) is -4.23. The molecule has 0 fully saturated rings. The summed E-state index contributed by atoms with van der Waals surface area (Å²) in [4.78, 5) is 0. The molecule has 7 rings (SSSR count). The number of hydrogen-bond donors (Lipinski definition) is 5. The molecule has 0 aliphatic heterocycles. The lowest BCUT2D eigenvalue weighted by Crippen LogP contribution is -1.91. The predicted octanol–water partition coefficient (Wildman–Crippen LogP) is 8.68. The van der Waals surface area contributed by atoms with Gasteiger partial charge >= 0.3 is 0 Å². The van der Waals surface area contributed by atoms with Crippen molar-refractivity contribution in [2.45, 2.75) is 0 Å². The monoisotopic (exact) mass is 536 g/mol. The van der Waals surface area contributed by atoms with Gasteiger partial charge in [-0.25, -0.2) is 0 Å². The first-order chi connectivity index (χ1) is 19.9. The molecule has 0 atom stereocenters. The molecule has 0 saturated heterocycles. The Balaban J connectivity index is 1.51. The quantitative estimate of drug-likeness (QED) is 0.0884. The fourth-order valence-corrected chi connectivity index (χ4v) is 5.87. The van der Waals surface area contributed by atoms with E-state index < -0.39 is 28.7 Å². The highest BCUT2D eigenvalue weighted by molar-refractivity contribution is 6.21. The van der Waals surface area contributed by atoms with Crippen LogP contribution in [0.4, 0.5) is 0 Å². The molecule has 0 unspecified atom stereocenters. The number of phenolic OH excluding ortho intramolecular Hbond substituents is 5. The van der Waals surface area contributed by atoms with Crippen molar-refractivity contribution in [3.8, 4) is 62.1 Å². The second kappa shape index (κ2) is 9.21. The first kappa shape index (κ1) is 24.4. The van der Waals surface area contributed by atoms with Gasteiger partial charge in [-0.15, -0.1) is 0 Å². The van der Waals surface area contributed by atoms with Crippen molar-refractivity contribution in [2.24, 2.45) is 0 Å². The van der Waals surface area contributed by atoms with Crippen LogP contribution in [0, 0.1) is 0 Å². The molecular weight excluding hydrogens is 512 g/mol. The second-order valence-electron chi connectivity index (χ2n) is 10.1. The molecule has 0 aliphatic carbocycles. The van der Waals surface area contributed by atoms with E-state index in [1.54, 1.807) is 12.1 Å². The highest BCUT2D eigenvalue weighted by Crippen LogP contribution is 2.55. The number of phenols is 5. The predicted molar refractivity (Wildman–Crippen MR) is 164 cm³/mol. The third-order valence-electron chi connectivity index (χ3n) is 7.78. The van der Waals surface area contributed by atoms with Crippen LogP contribution in [-0.4, -0.2) is 25.5 Å². The third kappa shape index (κ3) is 3.71. The van der Waals surface area contributed by atoms with Crippen LogP contribution < -0.4 is 0 Å². The van der Waals surface area contributed by atoms with E-state index in [-0.39, 0.29) is 5.56 Å². The maximum absolute atomic E-state index is 10.5. The van der Waals surface area contributed by atoms with Gasteiger partial charge in [-0.05, 0) is 72.3 Å². The standard InChI is InChI=1S/C36H24O5/c37-32-31(33(38)35(40)36(41)34(32)39)23-17-15-20-14-16-22(18-24(20)19-23)30-27-12-6-4-10-25(27)29(21-8-2-1-3-9-21)26-11-5-7-13-28(26)30/h1-19,37-41H. The molecule has 0 aliphatic rings. The largest absolute Gasteiger partial charge is 0.504 e. The van der Waals surface area contributed by atoms with E-state index in [4.69, 9.17) is 0 Å². The number of rotatable bonds is 3. The van der Waals surface area contributed by atoms with Crippen LogP contribution in [0.5, 0.6) is 28.7 Å². The SMILES string of the molecule is Oc1c(O)c(O)c(-c2ccc3ccc(-c4c5ccccc5c(-c5ccccc5)c5ccccc45)cc3c2)c(O)c1O. The first-order valence-corrected chi connectivity index (χ1v) is 13.2. The van der Waals surface area contributed by atoms with E-state index in [0.29, 0.717) is 5.56 Å². The molecule has 5 nitrogen and oxygen atoms in total. The van der Waals surface area contributed by atoms with Crippen molar-refractivity contribution in [1.29, 1.82) is 0 Å². The highest BCUT2D eigenvalue weighted by atomic mass is 16.4. The lowest BCUT2D eigenvalue weighted by molar-refractivity contribution is 0.330. The Bertz CT molecular complexity index is 2060. The van der Waals surface area contributed by atoms with Crippen LogP contribution in [0.1, 0.15) is 0 Å². The van der Waals surface area contributed by atoms with Gasteiger partial charge in [-0.1, -0.05) is 103 Å². The summed E-state index contributed by atoms with van der Waals surface area (Å²) in [5.41, 5.74) is 4.61. The molecule has 198 valence electrons. The van der Waals surface area contributed by atoms with Crippen molar-refractivity contribution in [1.82, 2.24) is 0 Å². The van der Waals surface area contributed by atoms with Gasteiger partial charge in [0.2, 0.25) is 17.2 Å². The molecule has 0 bridgehead atoms. The summed E-state index contributed by atoms with van der Waals surface area (Å²) in [6.07, 6.45) is 0. The van der Waals surface area contributed by atoms with Crippen molar-refractivity contribution < 1.29 is 25.5 Å². The maximum atomic E-state index is 10.5. The fraction of sp³-hybridized carbons (Fsp3) is 0. The van der Waals surface area contributed by atoms with Gasteiger partial charge in [0, 0.05) is 0 Å². The molecule has 0 amide bonds. The minimum Gasteiger partial charge on any atom is -0.504 e. The van der Waals surface area contributed by atoms with Gasteiger partial charge in [-0.3, -0.25) is 0 Å². The van der Waals surface area contributed by atoms with Gasteiger partial charge in [0.1, 0.15) is 0 Å². The minimum absolute atomic E-state index is 0.173. The van der Waals surface area contributed by atoms with Crippen LogP contribution in [0.15, 0.2) is 115 Å². The van der Waals surface area contributed by atoms with E-state index in [9.17, 15) is 25.5 Å². The van der Waals surface area contributed by atoms with E-state index >= 15 is 0 Å². The molecule has 7 aromatic carbocycles. The van der Waals surface area contributed by atoms with Crippen LogP contribution in [0.2, 0.25) is 0 Å². The van der Waals surface area contributed by atoms with Gasteiger partial charge in [0.15, 0.2) is 11.5 Å². The molecule has 5 heteroatoms. The van der Waals surface area contributed by atoms with Gasteiger partial charge in [0.05, 0.1) is 5.56 Å². The zero-order chi connectivity index (χ0) is 28.2. The zero-order valence-corrected chi connectivity index (χ0v) is 21.7. The zero-order valence-electron chi connectivity index (χ0n) is 21.7. The first-order valence-electron chi connectivity index (χ1n) is 13.2. The Morgan fingerprint density at radius 3 is 1.17 bits per heavy atom. The summed E-state index contributed by atoms with van der Waals surface area (Å²) < 4.78 is 0. The van der Waals surface area contributed by atoms with E-state index in [0.717, 1.165) is 49.0 Å². The normalized spacial score (nSPS) is 11.4. The molecule has 5 N–H and O–H groups in total. The van der Waals surface area contributed by atoms with E-state index in [1.165, 1.54) is 5.56 Å². The summed E-state index contributed by atoms with van der Waals surface area (Å²) >= 11 is 0. The maximum Gasteiger partial charge on any atom is 0.208 e. The lowest BCUT2D eigenvalue weighted by atomic mass is 9.85. The summed E-state index contributed by atoms with van der Waals surface area (Å²) in [6.45, 7) is 0. The number of hydrogen-bond acceptors (Lipinski definition) is 5. The molecular formula is C36H24O5. The van der Waals surface area contributed by atoms with E-state index in [1.807, 2.05) is 30.3 Å². The van der Waals surface area contributed by atoms with Gasteiger partial charge in [0.25, 0.3) is 0 Å². The van der Waals surface area contributed by atoms with Crippen molar-refractivity contribution in [3.05, 3.63) is 115 Å². The molecule has 0 spiro atoms. The second-order valence-corrected chi connectivity index (χ2v) is 10.1. The Morgan fingerprint density at radius 2 is 0.683 bits per heavy atom. The summed E-state index contributed by atoms with van der Waals surface area (Å²) in [5, 5.41) is 57.3. The average molecular weight is 537 g/mol. The number of aromatic hydroxyl groups is 5. The third-order valence-corrected chi connectivity index (χ3v) is 7.78. The topological polar surface area (TPSA) is 101 Å². The molecule has 0 heterocycles. The Kier molecular flexibility index (Phi) is 5.47.